The molecule has 0 aliphatic carbocycles. The molecule has 3 nitrogen and oxygen atoms in total. The summed E-state index contributed by atoms with van der Waals surface area (Å²) < 4.78 is 8.59. The van der Waals surface area contributed by atoms with E-state index in [0.717, 1.165) is 20.6 Å². The maximum absolute atomic E-state index is 6.34. The molecule has 9 rings (SSSR count). The zero-order valence-corrected chi connectivity index (χ0v) is 25.9. The van der Waals surface area contributed by atoms with E-state index in [4.69, 9.17) is 4.74 Å². The molecule has 0 radical (unpaired) electrons. The van der Waals surface area contributed by atoms with Crippen molar-refractivity contribution in [3.63, 3.8) is 0 Å². The van der Waals surface area contributed by atoms with E-state index in [9.17, 15) is 0 Å². The summed E-state index contributed by atoms with van der Waals surface area (Å²) in [4.78, 5) is 8.98. The van der Waals surface area contributed by atoms with Crippen molar-refractivity contribution >= 4 is 60.6 Å². The van der Waals surface area contributed by atoms with Gasteiger partial charge in [-0.15, -0.1) is 0 Å². The Labute approximate surface area is 264 Å². The van der Waals surface area contributed by atoms with E-state index in [1.807, 2.05) is 0 Å². The molecule has 4 heteroatoms. The van der Waals surface area contributed by atoms with Gasteiger partial charge in [-0.05, 0) is 26.9 Å². The van der Waals surface area contributed by atoms with E-state index < -0.39 is 20.9 Å². The van der Waals surface area contributed by atoms with Crippen LogP contribution in [0.15, 0.2) is 146 Å². The van der Waals surface area contributed by atoms with Gasteiger partial charge in [0.05, 0.1) is 0 Å². The molecule has 0 saturated carbocycles. The summed E-state index contributed by atoms with van der Waals surface area (Å²) in [7, 11) is 0. The van der Waals surface area contributed by atoms with Crippen LogP contribution in [0.1, 0.15) is 0 Å². The summed E-state index contributed by atoms with van der Waals surface area (Å²) in [5.74, 6) is 1.57. The Morgan fingerprint density at radius 3 is 1.68 bits per heavy atom. The Morgan fingerprint density at radius 1 is 0.432 bits per heavy atom. The van der Waals surface area contributed by atoms with Crippen LogP contribution in [0.25, 0.3) is 65.7 Å². The van der Waals surface area contributed by atoms with Crippen molar-refractivity contribution in [3.05, 3.63) is 146 Å². The Balaban J connectivity index is 1.13. The summed E-state index contributed by atoms with van der Waals surface area (Å²) in [6.07, 6.45) is 3.45. The monoisotopic (exact) mass is 678 g/mol. The Morgan fingerprint density at radius 2 is 0.977 bits per heavy atom. The number of rotatable bonds is 3. The van der Waals surface area contributed by atoms with E-state index in [1.54, 1.807) is 12.4 Å². The number of hydrogen-bond donors (Lipinski definition) is 0. The molecule has 1 aliphatic heterocycles. The van der Waals surface area contributed by atoms with E-state index in [1.165, 1.54) is 58.2 Å². The third-order valence-corrected chi connectivity index (χ3v) is 11.4. The standard InChI is InChI=1S/C40H24N2OTe/c1-2-14-33-31(12-1)32-13-3-4-15-34(32)36-24-28(18-19-35(33)36)26-9-5-8-25(22-26)27-10-6-11-29(23-27)30-16-7-17-37-38(30)43-39-40(44-37)42-21-20-41-39/h1-24H. The van der Waals surface area contributed by atoms with Gasteiger partial charge in [0.2, 0.25) is 0 Å². The molecule has 0 atom stereocenters. The second-order valence-corrected chi connectivity index (χ2v) is 14.0. The van der Waals surface area contributed by atoms with Crippen molar-refractivity contribution < 1.29 is 4.74 Å². The molecule has 206 valence electrons. The van der Waals surface area contributed by atoms with Crippen molar-refractivity contribution in [2.45, 2.75) is 0 Å². The van der Waals surface area contributed by atoms with Gasteiger partial charge in [-0.25, -0.2) is 0 Å². The first kappa shape index (κ1) is 25.5. The third-order valence-electron chi connectivity index (χ3n) is 8.46. The number of para-hydroxylation sites is 1. The Hall–Kier alpha value is -5.01. The molecule has 1 aliphatic rings. The normalized spacial score (nSPS) is 12.2. The van der Waals surface area contributed by atoms with Crippen molar-refractivity contribution in [1.29, 1.82) is 0 Å². The van der Waals surface area contributed by atoms with Gasteiger partial charge in [0.25, 0.3) is 0 Å². The topological polar surface area (TPSA) is 35.0 Å². The van der Waals surface area contributed by atoms with Crippen LogP contribution in [-0.2, 0) is 0 Å². The molecular formula is C40H24N2OTe. The van der Waals surface area contributed by atoms with E-state index in [-0.39, 0.29) is 0 Å². The van der Waals surface area contributed by atoms with Gasteiger partial charge in [0, 0.05) is 0 Å². The van der Waals surface area contributed by atoms with Crippen LogP contribution < -0.4 is 12.1 Å². The van der Waals surface area contributed by atoms with Crippen LogP contribution in [-0.4, -0.2) is 30.9 Å². The number of ether oxygens (including phenoxy) is 1. The first-order valence-corrected chi connectivity index (χ1v) is 17.0. The van der Waals surface area contributed by atoms with Crippen molar-refractivity contribution in [2.24, 2.45) is 0 Å². The summed E-state index contributed by atoms with van der Waals surface area (Å²) in [6.45, 7) is 0. The predicted molar refractivity (Wildman–Crippen MR) is 182 cm³/mol. The van der Waals surface area contributed by atoms with Gasteiger partial charge in [-0.2, -0.15) is 0 Å². The molecule has 0 saturated heterocycles. The molecule has 0 fully saturated rings. The second kappa shape index (κ2) is 10.3. The van der Waals surface area contributed by atoms with Gasteiger partial charge < -0.3 is 0 Å². The number of fused-ring (bicyclic) bond motifs is 8. The molecule has 7 aromatic carbocycles. The van der Waals surface area contributed by atoms with Crippen molar-refractivity contribution in [2.75, 3.05) is 0 Å². The van der Waals surface area contributed by atoms with E-state index in [2.05, 4.69) is 143 Å². The summed E-state index contributed by atoms with van der Waals surface area (Å²) in [5.41, 5.74) is 7.00. The molecule has 44 heavy (non-hydrogen) atoms. The molecular weight excluding hydrogens is 652 g/mol. The van der Waals surface area contributed by atoms with Gasteiger partial charge in [-0.1, -0.05) is 48.5 Å². The van der Waals surface area contributed by atoms with Gasteiger partial charge in [0.15, 0.2) is 0 Å². The fourth-order valence-electron chi connectivity index (χ4n) is 6.41. The average Bonchev–Trinajstić information content (AvgIpc) is 3.10. The van der Waals surface area contributed by atoms with Crippen LogP contribution in [0.5, 0.6) is 11.6 Å². The van der Waals surface area contributed by atoms with Crippen molar-refractivity contribution in [1.82, 2.24) is 9.97 Å². The molecule has 0 bridgehead atoms. The predicted octanol–water partition coefficient (Wildman–Crippen LogP) is 8.70. The first-order valence-electron chi connectivity index (χ1n) is 14.6. The minimum atomic E-state index is -0.662. The summed E-state index contributed by atoms with van der Waals surface area (Å²) in [5, 5.41) is 7.75. The summed E-state index contributed by atoms with van der Waals surface area (Å²) >= 11 is -0.662. The number of benzene rings is 7. The van der Waals surface area contributed by atoms with Gasteiger partial charge >= 0.3 is 191 Å². The zero-order valence-electron chi connectivity index (χ0n) is 23.6. The van der Waals surface area contributed by atoms with Crippen LogP contribution in [0.2, 0.25) is 0 Å². The van der Waals surface area contributed by atoms with E-state index >= 15 is 0 Å². The van der Waals surface area contributed by atoms with Crippen LogP contribution in [0.3, 0.4) is 0 Å². The van der Waals surface area contributed by atoms with Gasteiger partial charge in [-0.3, -0.25) is 0 Å². The minimum absolute atomic E-state index is 0.648. The maximum atomic E-state index is 6.34. The molecule has 0 unspecified atom stereocenters. The van der Waals surface area contributed by atoms with Gasteiger partial charge in [0.1, 0.15) is 0 Å². The SMILES string of the molecule is c1cc(-c2cccc(-c3cccc4c3Oc3nccnc3[Te]4)c2)cc(-c2ccc3c4ccccc4c4ccccc4c3c2)c1. The average molecular weight is 676 g/mol. The van der Waals surface area contributed by atoms with Crippen molar-refractivity contribution in [3.8, 4) is 45.0 Å². The third kappa shape index (κ3) is 4.19. The zero-order chi connectivity index (χ0) is 29.0. The fraction of sp³-hybridized carbons (Fsp3) is 0. The molecule has 1 aromatic heterocycles. The molecule has 0 amide bonds. The Kier molecular flexibility index (Phi) is 5.97. The molecule has 0 N–H and O–H groups in total. The number of aromatic nitrogens is 2. The Bertz CT molecular complexity index is 2380. The quantitative estimate of drug-likeness (QED) is 0.139. The summed E-state index contributed by atoms with van der Waals surface area (Å²) in [6, 6.07) is 48.5. The molecule has 2 heterocycles. The molecule has 8 aromatic rings. The molecule has 0 spiro atoms. The van der Waals surface area contributed by atoms with Crippen LogP contribution in [0, 0.1) is 0 Å². The van der Waals surface area contributed by atoms with Crippen LogP contribution >= 0.6 is 0 Å². The van der Waals surface area contributed by atoms with Crippen LogP contribution in [0.4, 0.5) is 0 Å². The number of nitrogens with zero attached hydrogens (tertiary/aromatic N) is 2. The second-order valence-electron chi connectivity index (χ2n) is 11.0. The first-order chi connectivity index (χ1) is 21.8. The van der Waals surface area contributed by atoms with E-state index in [0.29, 0.717) is 5.88 Å². The number of hydrogen-bond acceptors (Lipinski definition) is 3. The fourth-order valence-corrected chi connectivity index (χ4v) is 8.97.